The molecule has 26 heavy (non-hydrogen) atoms. The van der Waals surface area contributed by atoms with E-state index in [9.17, 15) is 18.7 Å². The summed E-state index contributed by atoms with van der Waals surface area (Å²) in [5.41, 5.74) is 0.667. The monoisotopic (exact) mass is 364 g/mol. The number of hydrogen-bond acceptors (Lipinski definition) is 4. The van der Waals surface area contributed by atoms with Gasteiger partial charge in [0.1, 0.15) is 18.0 Å². The van der Waals surface area contributed by atoms with Crippen LogP contribution in [0.3, 0.4) is 0 Å². The number of aliphatic hydroxyl groups is 1. The Kier molecular flexibility index (Phi) is 3.84. The van der Waals surface area contributed by atoms with Crippen LogP contribution in [0.4, 0.5) is 8.78 Å². The molecule has 0 bridgehead atoms. The van der Waals surface area contributed by atoms with Gasteiger partial charge in [0.25, 0.3) is 5.92 Å². The fourth-order valence-corrected chi connectivity index (χ4v) is 3.63. The Labute approximate surface area is 150 Å². The molecule has 0 aromatic carbocycles. The first-order chi connectivity index (χ1) is 12.2. The number of ketones is 1. The van der Waals surface area contributed by atoms with E-state index in [0.717, 1.165) is 24.1 Å². The summed E-state index contributed by atoms with van der Waals surface area (Å²) in [4.78, 5) is 12.4. The lowest BCUT2D eigenvalue weighted by Gasteiger charge is -2.42. The van der Waals surface area contributed by atoms with Gasteiger partial charge in [-0.15, -0.1) is 0 Å². The number of halogens is 2. The molecule has 7 heteroatoms. The Balaban J connectivity index is 1.64. The van der Waals surface area contributed by atoms with Gasteiger partial charge < -0.3 is 9.84 Å². The van der Waals surface area contributed by atoms with Crippen LogP contribution in [0.25, 0.3) is 5.52 Å². The molecule has 0 radical (unpaired) electrons. The van der Waals surface area contributed by atoms with Crippen LogP contribution in [-0.4, -0.2) is 38.6 Å². The molecule has 2 saturated carbocycles. The largest absolute Gasteiger partial charge is 0.489 e. The average molecular weight is 364 g/mol. The highest BCUT2D eigenvalue weighted by Crippen LogP contribution is 2.47. The highest BCUT2D eigenvalue weighted by molar-refractivity contribution is 6.03. The van der Waals surface area contributed by atoms with Crippen LogP contribution in [0.15, 0.2) is 18.3 Å². The third-order valence-electron chi connectivity index (χ3n) is 5.11. The minimum Gasteiger partial charge on any atom is -0.489 e. The second-order valence-corrected chi connectivity index (χ2v) is 7.95. The standard InChI is InChI=1S/C19H22F2N2O3/c1-11(2)17(24)13-7-22-23-14(13)5-6-15(16(23)12-3-4-12)26-10-18(25)8-19(20,21)9-18/h5-7,11-12,25H,3-4,8-10H2,1-2H3. The van der Waals surface area contributed by atoms with Gasteiger partial charge >= 0.3 is 0 Å². The molecule has 0 saturated heterocycles. The Hall–Kier alpha value is -2.02. The molecule has 0 amide bonds. The van der Waals surface area contributed by atoms with Crippen molar-refractivity contribution >= 4 is 11.3 Å². The number of Topliss-reactive ketones (excluding diaryl/α,β-unsaturated/α-hetero) is 1. The maximum atomic E-state index is 13.1. The SMILES string of the molecule is CC(C)C(=O)c1cnn2c(C3CC3)c(OCC3(O)CC(F)(F)C3)ccc12. The number of pyridine rings is 1. The second-order valence-electron chi connectivity index (χ2n) is 7.95. The van der Waals surface area contributed by atoms with Gasteiger partial charge in [0, 0.05) is 24.7 Å². The Morgan fingerprint density at radius 1 is 1.38 bits per heavy atom. The molecule has 0 atom stereocenters. The van der Waals surface area contributed by atoms with Crippen molar-refractivity contribution in [3.63, 3.8) is 0 Å². The molecule has 2 fully saturated rings. The zero-order valence-corrected chi connectivity index (χ0v) is 14.8. The summed E-state index contributed by atoms with van der Waals surface area (Å²) in [6, 6.07) is 3.52. The normalized spacial score (nSPS) is 21.0. The summed E-state index contributed by atoms with van der Waals surface area (Å²) in [7, 11) is 0. The molecular weight excluding hydrogens is 342 g/mol. The molecule has 2 aliphatic carbocycles. The van der Waals surface area contributed by atoms with Gasteiger partial charge in [-0.25, -0.2) is 13.3 Å². The zero-order chi connectivity index (χ0) is 18.7. The lowest BCUT2D eigenvalue weighted by Crippen LogP contribution is -2.55. The van der Waals surface area contributed by atoms with E-state index in [1.165, 1.54) is 0 Å². The van der Waals surface area contributed by atoms with Crippen LogP contribution in [-0.2, 0) is 0 Å². The smallest absolute Gasteiger partial charge is 0.253 e. The van der Waals surface area contributed by atoms with E-state index in [-0.39, 0.29) is 24.2 Å². The molecule has 0 aliphatic heterocycles. The van der Waals surface area contributed by atoms with Gasteiger partial charge in [-0.3, -0.25) is 4.79 Å². The minimum atomic E-state index is -2.81. The zero-order valence-electron chi connectivity index (χ0n) is 14.8. The molecule has 2 aromatic rings. The first-order valence-electron chi connectivity index (χ1n) is 8.97. The lowest BCUT2D eigenvalue weighted by molar-refractivity contribution is -0.215. The van der Waals surface area contributed by atoms with Crippen LogP contribution in [0.5, 0.6) is 5.75 Å². The summed E-state index contributed by atoms with van der Waals surface area (Å²) in [6.07, 6.45) is 2.41. The topological polar surface area (TPSA) is 63.8 Å². The number of alkyl halides is 2. The lowest BCUT2D eigenvalue weighted by atomic mass is 9.77. The number of nitrogens with zero attached hydrogens (tertiary/aromatic N) is 2. The molecule has 2 heterocycles. The van der Waals surface area contributed by atoms with Crippen LogP contribution in [0.1, 0.15) is 61.5 Å². The van der Waals surface area contributed by atoms with Crippen molar-refractivity contribution in [2.24, 2.45) is 5.92 Å². The van der Waals surface area contributed by atoms with E-state index in [0.29, 0.717) is 11.3 Å². The van der Waals surface area contributed by atoms with Crippen LogP contribution >= 0.6 is 0 Å². The first kappa shape index (κ1) is 17.4. The number of carbonyl (C=O) groups excluding carboxylic acids is 1. The van der Waals surface area contributed by atoms with E-state index >= 15 is 0 Å². The summed E-state index contributed by atoms with van der Waals surface area (Å²) < 4.78 is 33.6. The summed E-state index contributed by atoms with van der Waals surface area (Å²) in [5.74, 6) is -2.10. The van der Waals surface area contributed by atoms with Crippen molar-refractivity contribution in [1.29, 1.82) is 0 Å². The molecule has 2 aliphatic rings. The fourth-order valence-electron chi connectivity index (χ4n) is 3.63. The molecule has 2 aromatic heterocycles. The molecule has 4 rings (SSSR count). The Morgan fingerprint density at radius 2 is 2.08 bits per heavy atom. The van der Waals surface area contributed by atoms with Crippen LogP contribution in [0, 0.1) is 5.92 Å². The van der Waals surface area contributed by atoms with E-state index in [4.69, 9.17) is 4.74 Å². The first-order valence-corrected chi connectivity index (χ1v) is 8.97. The number of ether oxygens (including phenoxy) is 1. The number of hydrogen-bond donors (Lipinski definition) is 1. The molecule has 5 nitrogen and oxygen atoms in total. The molecule has 1 N–H and O–H groups in total. The molecular formula is C19H22F2N2O3. The average Bonchev–Trinajstić information content (AvgIpc) is 3.28. The van der Waals surface area contributed by atoms with E-state index < -0.39 is 24.4 Å². The predicted molar refractivity (Wildman–Crippen MR) is 91.0 cm³/mol. The maximum Gasteiger partial charge on any atom is 0.253 e. The minimum absolute atomic E-state index is 0.0291. The number of fused-ring (bicyclic) bond motifs is 1. The van der Waals surface area contributed by atoms with Crippen molar-refractivity contribution < 1.29 is 23.4 Å². The maximum absolute atomic E-state index is 13.1. The van der Waals surface area contributed by atoms with E-state index in [2.05, 4.69) is 5.10 Å². The van der Waals surface area contributed by atoms with Crippen molar-refractivity contribution in [2.75, 3.05) is 6.61 Å². The molecule has 0 spiro atoms. The van der Waals surface area contributed by atoms with Crippen LogP contribution in [0.2, 0.25) is 0 Å². The Morgan fingerprint density at radius 3 is 2.65 bits per heavy atom. The highest BCUT2D eigenvalue weighted by Gasteiger charge is 2.56. The summed E-state index contributed by atoms with van der Waals surface area (Å²) in [5, 5.41) is 14.5. The molecule has 0 unspecified atom stereocenters. The number of aromatic nitrogens is 2. The van der Waals surface area contributed by atoms with Crippen molar-refractivity contribution in [3.8, 4) is 5.75 Å². The quantitative estimate of drug-likeness (QED) is 0.796. The summed E-state index contributed by atoms with van der Waals surface area (Å²) in [6.45, 7) is 3.52. The summed E-state index contributed by atoms with van der Waals surface area (Å²) >= 11 is 0. The Bertz CT molecular complexity index is 863. The van der Waals surface area contributed by atoms with Gasteiger partial charge in [0.2, 0.25) is 0 Å². The third-order valence-corrected chi connectivity index (χ3v) is 5.11. The van der Waals surface area contributed by atoms with Crippen molar-refractivity contribution in [1.82, 2.24) is 9.61 Å². The highest BCUT2D eigenvalue weighted by atomic mass is 19.3. The second kappa shape index (κ2) is 5.74. The van der Waals surface area contributed by atoms with Crippen molar-refractivity contribution in [2.45, 2.75) is 57.0 Å². The van der Waals surface area contributed by atoms with Crippen molar-refractivity contribution in [3.05, 3.63) is 29.6 Å². The van der Waals surface area contributed by atoms with Gasteiger partial charge in [-0.1, -0.05) is 13.8 Å². The third kappa shape index (κ3) is 2.98. The van der Waals surface area contributed by atoms with Gasteiger partial charge in [0.15, 0.2) is 5.78 Å². The van der Waals surface area contributed by atoms with Gasteiger partial charge in [-0.2, -0.15) is 5.10 Å². The number of rotatable bonds is 6. The van der Waals surface area contributed by atoms with Crippen LogP contribution < -0.4 is 4.74 Å². The van der Waals surface area contributed by atoms with E-state index in [1.54, 1.807) is 22.8 Å². The van der Waals surface area contributed by atoms with Gasteiger partial charge in [-0.05, 0) is 25.0 Å². The van der Waals surface area contributed by atoms with Gasteiger partial charge in [0.05, 0.1) is 23.0 Å². The molecule has 140 valence electrons. The number of carbonyl (C=O) groups is 1. The predicted octanol–water partition coefficient (Wildman–Crippen LogP) is 3.59. The fraction of sp³-hybridized carbons (Fsp3) is 0.579. The van der Waals surface area contributed by atoms with E-state index in [1.807, 2.05) is 13.8 Å².